The second-order valence-electron chi connectivity index (χ2n) is 5.28. The minimum absolute atomic E-state index is 0.0352. The van der Waals surface area contributed by atoms with Gasteiger partial charge in [0.25, 0.3) is 0 Å². The Bertz CT molecular complexity index is 422. The molecule has 1 rings (SSSR count). The number of rotatable bonds is 4. The monoisotopic (exact) mass is 250 g/mol. The highest BCUT2D eigenvalue weighted by Crippen LogP contribution is 2.17. The van der Waals surface area contributed by atoms with Crippen LogP contribution in [0.4, 0.5) is 5.82 Å². The topological polar surface area (TPSA) is 51.2 Å². The molecule has 0 saturated heterocycles. The molecular formula is C14H22N2O2. The maximum Gasteiger partial charge on any atom is 0.230 e. The zero-order valence-electron chi connectivity index (χ0n) is 11.8. The summed E-state index contributed by atoms with van der Waals surface area (Å²) in [5, 5.41) is 2.82. The maximum atomic E-state index is 11.8. The molecule has 100 valence electrons. The van der Waals surface area contributed by atoms with Crippen molar-refractivity contribution in [1.82, 2.24) is 4.98 Å². The molecule has 0 radical (unpaired) electrons. The molecule has 4 heteroatoms. The van der Waals surface area contributed by atoms with Gasteiger partial charge in [0.2, 0.25) is 5.91 Å². The van der Waals surface area contributed by atoms with E-state index in [0.29, 0.717) is 19.0 Å². The van der Waals surface area contributed by atoms with Crippen LogP contribution in [0.2, 0.25) is 0 Å². The lowest BCUT2D eigenvalue weighted by Gasteiger charge is -2.17. The Hall–Kier alpha value is -1.42. The van der Waals surface area contributed by atoms with E-state index in [1.165, 1.54) is 0 Å². The third-order valence-electron chi connectivity index (χ3n) is 2.58. The van der Waals surface area contributed by atoms with Crippen molar-refractivity contribution in [2.24, 2.45) is 5.41 Å². The zero-order chi connectivity index (χ0) is 13.8. The van der Waals surface area contributed by atoms with E-state index >= 15 is 0 Å². The predicted octanol–water partition coefficient (Wildman–Crippen LogP) is 2.91. The van der Waals surface area contributed by atoms with Gasteiger partial charge in [-0.2, -0.15) is 0 Å². The number of hydrogen-bond donors (Lipinski definition) is 1. The van der Waals surface area contributed by atoms with E-state index in [0.717, 1.165) is 11.3 Å². The molecule has 1 heterocycles. The number of hydrogen-bond acceptors (Lipinski definition) is 3. The first-order chi connectivity index (χ1) is 8.34. The van der Waals surface area contributed by atoms with Crippen LogP contribution in [0.25, 0.3) is 0 Å². The highest BCUT2D eigenvalue weighted by molar-refractivity contribution is 5.93. The van der Waals surface area contributed by atoms with Gasteiger partial charge in [-0.3, -0.25) is 4.79 Å². The number of pyridine rings is 1. The summed E-state index contributed by atoms with van der Waals surface area (Å²) in [7, 11) is 0. The Labute approximate surface area is 109 Å². The van der Waals surface area contributed by atoms with Crippen LogP contribution in [0.5, 0.6) is 0 Å². The molecule has 0 unspecified atom stereocenters. The fraction of sp³-hybridized carbons (Fsp3) is 0.571. The van der Waals surface area contributed by atoms with Gasteiger partial charge in [-0.1, -0.05) is 26.8 Å². The van der Waals surface area contributed by atoms with E-state index < -0.39 is 5.41 Å². The lowest BCUT2D eigenvalue weighted by Crippen LogP contribution is -2.28. The number of carbonyl (C=O) groups excluding carboxylic acids is 1. The molecule has 0 spiro atoms. The van der Waals surface area contributed by atoms with Crippen LogP contribution in [-0.2, 0) is 16.1 Å². The Morgan fingerprint density at radius 1 is 1.39 bits per heavy atom. The van der Waals surface area contributed by atoms with Gasteiger partial charge in [0.1, 0.15) is 5.82 Å². The van der Waals surface area contributed by atoms with E-state index in [2.05, 4.69) is 10.3 Å². The molecule has 4 nitrogen and oxygen atoms in total. The summed E-state index contributed by atoms with van der Waals surface area (Å²) in [6.07, 6.45) is 0. The summed E-state index contributed by atoms with van der Waals surface area (Å²) in [4.78, 5) is 16.2. The largest absolute Gasteiger partial charge is 0.377 e. The van der Waals surface area contributed by atoms with Gasteiger partial charge in [0.05, 0.1) is 6.61 Å². The molecule has 0 aliphatic rings. The van der Waals surface area contributed by atoms with Gasteiger partial charge in [-0.05, 0) is 25.5 Å². The number of aromatic nitrogens is 1. The number of anilines is 1. The number of aryl methyl sites for hydroxylation is 1. The Kier molecular flexibility index (Phi) is 4.84. The summed E-state index contributed by atoms with van der Waals surface area (Å²) in [5.41, 5.74) is 1.51. The second kappa shape index (κ2) is 5.96. The van der Waals surface area contributed by atoms with Crippen LogP contribution < -0.4 is 5.32 Å². The van der Waals surface area contributed by atoms with Crippen molar-refractivity contribution in [2.75, 3.05) is 11.9 Å². The third-order valence-corrected chi connectivity index (χ3v) is 2.58. The van der Waals surface area contributed by atoms with E-state index in [1.54, 1.807) is 0 Å². The summed E-state index contributed by atoms with van der Waals surface area (Å²) in [5.74, 6) is 0.555. The van der Waals surface area contributed by atoms with Crippen molar-refractivity contribution in [3.63, 3.8) is 0 Å². The average Bonchev–Trinajstić information content (AvgIpc) is 2.26. The van der Waals surface area contributed by atoms with Crippen molar-refractivity contribution in [3.8, 4) is 0 Å². The summed E-state index contributed by atoms with van der Waals surface area (Å²) in [6, 6.07) is 3.75. The zero-order valence-corrected chi connectivity index (χ0v) is 11.8. The fourth-order valence-corrected chi connectivity index (χ4v) is 1.33. The summed E-state index contributed by atoms with van der Waals surface area (Å²) < 4.78 is 5.35. The molecule has 0 aliphatic heterocycles. The molecule has 0 aliphatic carbocycles. The van der Waals surface area contributed by atoms with Crippen molar-refractivity contribution in [1.29, 1.82) is 0 Å². The second-order valence-corrected chi connectivity index (χ2v) is 5.28. The average molecular weight is 250 g/mol. The Morgan fingerprint density at radius 2 is 2.06 bits per heavy atom. The number of carbonyl (C=O) groups is 1. The predicted molar refractivity (Wildman–Crippen MR) is 72.4 cm³/mol. The first kappa shape index (κ1) is 14.6. The molecule has 18 heavy (non-hydrogen) atoms. The van der Waals surface area contributed by atoms with Crippen molar-refractivity contribution in [3.05, 3.63) is 23.4 Å². The van der Waals surface area contributed by atoms with Crippen LogP contribution in [0, 0.1) is 12.3 Å². The van der Waals surface area contributed by atoms with E-state index in [9.17, 15) is 4.79 Å². The normalized spacial score (nSPS) is 11.4. The number of nitrogens with one attached hydrogen (secondary N) is 1. The maximum absolute atomic E-state index is 11.8. The van der Waals surface area contributed by atoms with Crippen molar-refractivity contribution in [2.45, 2.75) is 41.2 Å². The quantitative estimate of drug-likeness (QED) is 0.894. The summed E-state index contributed by atoms with van der Waals surface area (Å²) in [6.45, 7) is 10.7. The van der Waals surface area contributed by atoms with Gasteiger partial charge >= 0.3 is 0 Å². The minimum atomic E-state index is -0.417. The van der Waals surface area contributed by atoms with Crippen LogP contribution in [0.15, 0.2) is 12.1 Å². The Balaban J connectivity index is 2.75. The van der Waals surface area contributed by atoms with Crippen LogP contribution in [-0.4, -0.2) is 17.5 Å². The van der Waals surface area contributed by atoms with E-state index in [1.807, 2.05) is 46.8 Å². The molecule has 0 aromatic carbocycles. The first-order valence-corrected chi connectivity index (χ1v) is 6.20. The van der Waals surface area contributed by atoms with Gasteiger partial charge in [-0.15, -0.1) is 0 Å². The minimum Gasteiger partial charge on any atom is -0.377 e. The molecular weight excluding hydrogens is 228 g/mol. The summed E-state index contributed by atoms with van der Waals surface area (Å²) >= 11 is 0. The Morgan fingerprint density at radius 3 is 2.56 bits per heavy atom. The standard InChI is InChI=1S/C14H22N2O2/c1-6-18-9-11-7-8-12(15-10(11)2)16-13(17)14(3,4)5/h7-8H,6,9H2,1-5H3,(H,15,16,17). The van der Waals surface area contributed by atoms with Crippen molar-refractivity contribution >= 4 is 11.7 Å². The lowest BCUT2D eigenvalue weighted by atomic mass is 9.96. The van der Waals surface area contributed by atoms with Crippen molar-refractivity contribution < 1.29 is 9.53 Å². The molecule has 1 amide bonds. The van der Waals surface area contributed by atoms with Crippen LogP contribution >= 0.6 is 0 Å². The highest BCUT2D eigenvalue weighted by atomic mass is 16.5. The molecule has 1 N–H and O–H groups in total. The van der Waals surface area contributed by atoms with E-state index in [-0.39, 0.29) is 5.91 Å². The molecule has 0 atom stereocenters. The molecule has 0 bridgehead atoms. The van der Waals surface area contributed by atoms with E-state index in [4.69, 9.17) is 4.74 Å². The van der Waals surface area contributed by atoms with Crippen LogP contribution in [0.1, 0.15) is 39.0 Å². The highest BCUT2D eigenvalue weighted by Gasteiger charge is 2.21. The smallest absolute Gasteiger partial charge is 0.230 e. The number of ether oxygens (including phenoxy) is 1. The number of nitrogens with zero attached hydrogens (tertiary/aromatic N) is 1. The van der Waals surface area contributed by atoms with Gasteiger partial charge in [0, 0.05) is 17.7 Å². The molecule has 0 saturated carbocycles. The SMILES string of the molecule is CCOCc1ccc(NC(=O)C(C)(C)C)nc1C. The third kappa shape index (κ3) is 4.11. The molecule has 1 aromatic rings. The van der Waals surface area contributed by atoms with Gasteiger partial charge < -0.3 is 10.1 Å². The van der Waals surface area contributed by atoms with Crippen LogP contribution in [0.3, 0.4) is 0 Å². The molecule has 1 aromatic heterocycles. The first-order valence-electron chi connectivity index (χ1n) is 6.20. The number of amides is 1. The molecule has 0 fully saturated rings. The lowest BCUT2D eigenvalue weighted by molar-refractivity contribution is -0.123. The van der Waals surface area contributed by atoms with Gasteiger partial charge in [0.15, 0.2) is 0 Å². The fourth-order valence-electron chi connectivity index (χ4n) is 1.33. The van der Waals surface area contributed by atoms with Gasteiger partial charge in [-0.25, -0.2) is 4.98 Å².